The van der Waals surface area contributed by atoms with Crippen molar-refractivity contribution in [3.05, 3.63) is 42.5 Å². The summed E-state index contributed by atoms with van der Waals surface area (Å²) in [4.78, 5) is 0.374. The molecule has 0 radical (unpaired) electrons. The standard InChI is InChI=1S/C19H26N4O2S/c1-15(2)11-22-14-20-21-18(22)17-12-23(13-19(17)9-6-10-19)26(24,25)16-7-4-3-5-8-16/h3-5,7-8,14-15,17H,6,9-13H2,1-2H3. The van der Waals surface area contributed by atoms with Gasteiger partial charge in [-0.05, 0) is 36.3 Å². The van der Waals surface area contributed by atoms with E-state index < -0.39 is 10.0 Å². The van der Waals surface area contributed by atoms with Crippen LogP contribution in [-0.2, 0) is 16.6 Å². The molecule has 1 aliphatic carbocycles. The summed E-state index contributed by atoms with van der Waals surface area (Å²) in [5.74, 6) is 1.56. The fraction of sp³-hybridized carbons (Fsp3) is 0.579. The van der Waals surface area contributed by atoms with Crippen LogP contribution in [0, 0.1) is 11.3 Å². The molecule has 140 valence electrons. The second kappa shape index (κ2) is 6.46. The molecule has 2 fully saturated rings. The Morgan fingerprint density at radius 3 is 2.58 bits per heavy atom. The van der Waals surface area contributed by atoms with E-state index in [1.54, 1.807) is 34.9 Å². The third-order valence-electron chi connectivity index (χ3n) is 5.87. The van der Waals surface area contributed by atoms with Gasteiger partial charge in [0.15, 0.2) is 0 Å². The molecule has 1 spiro atoms. The van der Waals surface area contributed by atoms with Crippen LogP contribution in [0.2, 0.25) is 0 Å². The van der Waals surface area contributed by atoms with E-state index in [0.29, 0.717) is 23.9 Å². The third-order valence-corrected chi connectivity index (χ3v) is 7.69. The normalized spacial score (nSPS) is 22.8. The number of benzene rings is 1. The average Bonchev–Trinajstić information content (AvgIpc) is 3.19. The molecule has 26 heavy (non-hydrogen) atoms. The topological polar surface area (TPSA) is 68.1 Å². The largest absolute Gasteiger partial charge is 0.317 e. The highest BCUT2D eigenvalue weighted by Crippen LogP contribution is 2.56. The summed E-state index contributed by atoms with van der Waals surface area (Å²) in [6.45, 7) is 6.28. The Labute approximate surface area is 155 Å². The van der Waals surface area contributed by atoms with Crippen molar-refractivity contribution in [1.29, 1.82) is 0 Å². The summed E-state index contributed by atoms with van der Waals surface area (Å²) in [5, 5.41) is 8.54. The van der Waals surface area contributed by atoms with Gasteiger partial charge >= 0.3 is 0 Å². The lowest BCUT2D eigenvalue weighted by Crippen LogP contribution is -2.38. The molecule has 0 amide bonds. The molecule has 1 atom stereocenters. The summed E-state index contributed by atoms with van der Waals surface area (Å²) >= 11 is 0. The van der Waals surface area contributed by atoms with Crippen LogP contribution in [0.3, 0.4) is 0 Å². The Kier molecular flexibility index (Phi) is 4.39. The molecule has 1 aliphatic heterocycles. The third kappa shape index (κ3) is 2.87. The van der Waals surface area contributed by atoms with Gasteiger partial charge in [0.25, 0.3) is 0 Å². The molecule has 4 rings (SSSR count). The Hall–Kier alpha value is -1.73. The Balaban J connectivity index is 1.66. The van der Waals surface area contributed by atoms with Gasteiger partial charge in [-0.15, -0.1) is 10.2 Å². The van der Waals surface area contributed by atoms with E-state index >= 15 is 0 Å². The van der Waals surface area contributed by atoms with Gasteiger partial charge in [0, 0.05) is 25.6 Å². The van der Waals surface area contributed by atoms with E-state index in [4.69, 9.17) is 0 Å². The van der Waals surface area contributed by atoms with Crippen molar-refractivity contribution in [2.24, 2.45) is 11.3 Å². The maximum Gasteiger partial charge on any atom is 0.243 e. The van der Waals surface area contributed by atoms with E-state index in [9.17, 15) is 8.42 Å². The fourth-order valence-electron chi connectivity index (χ4n) is 4.41. The molecule has 0 bridgehead atoms. The second-order valence-electron chi connectivity index (χ2n) is 8.11. The van der Waals surface area contributed by atoms with Crippen molar-refractivity contribution in [2.45, 2.75) is 50.5 Å². The number of aromatic nitrogens is 3. The zero-order chi connectivity index (χ0) is 18.4. The maximum atomic E-state index is 13.1. The van der Waals surface area contributed by atoms with Gasteiger partial charge in [0.05, 0.1) is 4.90 Å². The number of nitrogens with zero attached hydrogens (tertiary/aromatic N) is 4. The van der Waals surface area contributed by atoms with Crippen molar-refractivity contribution >= 4 is 10.0 Å². The van der Waals surface area contributed by atoms with Crippen LogP contribution in [0.25, 0.3) is 0 Å². The first-order chi connectivity index (χ1) is 12.4. The Bertz CT molecular complexity index is 872. The smallest absolute Gasteiger partial charge is 0.243 e. The van der Waals surface area contributed by atoms with Crippen molar-refractivity contribution in [1.82, 2.24) is 19.1 Å². The minimum atomic E-state index is -3.47. The minimum Gasteiger partial charge on any atom is -0.317 e. The molecule has 1 aromatic carbocycles. The number of sulfonamides is 1. The highest BCUT2D eigenvalue weighted by molar-refractivity contribution is 7.89. The van der Waals surface area contributed by atoms with Crippen LogP contribution in [-0.4, -0.2) is 40.6 Å². The molecule has 1 saturated carbocycles. The van der Waals surface area contributed by atoms with Gasteiger partial charge in [-0.1, -0.05) is 38.5 Å². The van der Waals surface area contributed by atoms with Crippen LogP contribution in [0.4, 0.5) is 0 Å². The fourth-order valence-corrected chi connectivity index (χ4v) is 5.98. The van der Waals surface area contributed by atoms with Gasteiger partial charge in [-0.2, -0.15) is 4.31 Å². The summed E-state index contributed by atoms with van der Waals surface area (Å²) < 4.78 is 30.0. The predicted molar refractivity (Wildman–Crippen MR) is 99.1 cm³/mol. The monoisotopic (exact) mass is 374 g/mol. The first-order valence-corrected chi connectivity index (χ1v) is 10.8. The predicted octanol–water partition coefficient (Wildman–Crippen LogP) is 2.89. The molecule has 2 heterocycles. The highest BCUT2D eigenvalue weighted by atomic mass is 32.2. The maximum absolute atomic E-state index is 13.1. The number of hydrogen-bond acceptors (Lipinski definition) is 4. The molecular weight excluding hydrogens is 348 g/mol. The van der Waals surface area contributed by atoms with E-state index in [1.807, 2.05) is 6.07 Å². The average molecular weight is 375 g/mol. The number of hydrogen-bond donors (Lipinski definition) is 0. The molecule has 1 unspecified atom stereocenters. The van der Waals surface area contributed by atoms with Gasteiger partial charge in [0.1, 0.15) is 12.2 Å². The van der Waals surface area contributed by atoms with Gasteiger partial charge in [0.2, 0.25) is 10.0 Å². The van der Waals surface area contributed by atoms with Gasteiger partial charge in [-0.3, -0.25) is 0 Å². The zero-order valence-corrected chi connectivity index (χ0v) is 16.2. The van der Waals surface area contributed by atoms with E-state index in [1.165, 1.54) is 0 Å². The molecule has 7 heteroatoms. The van der Waals surface area contributed by atoms with Crippen LogP contribution < -0.4 is 0 Å². The van der Waals surface area contributed by atoms with E-state index in [2.05, 4.69) is 28.6 Å². The second-order valence-corrected chi connectivity index (χ2v) is 10.1. The van der Waals surface area contributed by atoms with Crippen molar-refractivity contribution in [3.8, 4) is 0 Å². The van der Waals surface area contributed by atoms with Crippen LogP contribution in [0.1, 0.15) is 44.9 Å². The zero-order valence-electron chi connectivity index (χ0n) is 15.4. The molecule has 2 aliphatic rings. The number of rotatable bonds is 5. The van der Waals surface area contributed by atoms with Gasteiger partial charge in [-0.25, -0.2) is 8.42 Å². The molecule has 0 N–H and O–H groups in total. The molecule has 1 saturated heterocycles. The summed E-state index contributed by atoms with van der Waals surface area (Å²) in [6.07, 6.45) is 5.07. The van der Waals surface area contributed by atoms with Crippen LogP contribution in [0.5, 0.6) is 0 Å². The quantitative estimate of drug-likeness (QED) is 0.807. The molecule has 6 nitrogen and oxygen atoms in total. The van der Waals surface area contributed by atoms with E-state index in [-0.39, 0.29) is 11.3 Å². The van der Waals surface area contributed by atoms with Crippen LogP contribution >= 0.6 is 0 Å². The molecular formula is C19H26N4O2S. The molecule has 2 aromatic rings. The van der Waals surface area contributed by atoms with Crippen molar-refractivity contribution < 1.29 is 8.42 Å². The highest BCUT2D eigenvalue weighted by Gasteiger charge is 2.55. The minimum absolute atomic E-state index is 0.0175. The SMILES string of the molecule is CC(C)Cn1cnnc1C1CN(S(=O)(=O)c2ccccc2)CC12CCC2. The lowest BCUT2D eigenvalue weighted by Gasteiger charge is -2.42. The first-order valence-electron chi connectivity index (χ1n) is 9.35. The lowest BCUT2D eigenvalue weighted by molar-refractivity contribution is 0.125. The summed E-state index contributed by atoms with van der Waals surface area (Å²) in [5.41, 5.74) is 0.0175. The summed E-state index contributed by atoms with van der Waals surface area (Å²) in [6, 6.07) is 8.75. The van der Waals surface area contributed by atoms with E-state index in [0.717, 1.165) is 31.6 Å². The van der Waals surface area contributed by atoms with Gasteiger partial charge < -0.3 is 4.57 Å². The Morgan fingerprint density at radius 2 is 1.96 bits per heavy atom. The Morgan fingerprint density at radius 1 is 1.23 bits per heavy atom. The summed E-state index contributed by atoms with van der Waals surface area (Å²) in [7, 11) is -3.47. The van der Waals surface area contributed by atoms with Crippen molar-refractivity contribution in [2.75, 3.05) is 13.1 Å². The van der Waals surface area contributed by atoms with Crippen LogP contribution in [0.15, 0.2) is 41.6 Å². The first kappa shape index (κ1) is 17.7. The lowest BCUT2D eigenvalue weighted by atomic mass is 9.62. The van der Waals surface area contributed by atoms with Crippen molar-refractivity contribution in [3.63, 3.8) is 0 Å². The molecule has 1 aromatic heterocycles.